The van der Waals surface area contributed by atoms with Gasteiger partial charge in [-0.2, -0.15) is 0 Å². The lowest BCUT2D eigenvalue weighted by Gasteiger charge is -2.43. The lowest BCUT2D eigenvalue weighted by Crippen LogP contribution is -2.60. The van der Waals surface area contributed by atoms with E-state index in [9.17, 15) is 19.8 Å². The quantitative estimate of drug-likeness (QED) is 0.584. The smallest absolute Gasteiger partial charge is 0.354 e. The second-order valence-corrected chi connectivity index (χ2v) is 8.05. The van der Waals surface area contributed by atoms with E-state index < -0.39 is 18.0 Å². The molecule has 1 saturated heterocycles. The summed E-state index contributed by atoms with van der Waals surface area (Å²) < 4.78 is 2.53. The molecule has 3 heterocycles. The zero-order chi connectivity index (χ0) is 17.4. The van der Waals surface area contributed by atoms with Gasteiger partial charge in [-0.05, 0) is 6.92 Å². The molecule has 3 atom stereocenters. The molecule has 1 amide bonds. The van der Waals surface area contributed by atoms with E-state index in [2.05, 4.69) is 4.98 Å². The van der Waals surface area contributed by atoms with E-state index in [1.807, 2.05) is 4.57 Å². The Morgan fingerprint density at radius 2 is 2.33 bits per heavy atom. The monoisotopic (exact) mass is 370 g/mol. The van der Waals surface area contributed by atoms with E-state index in [1.54, 1.807) is 19.4 Å². The van der Waals surface area contributed by atoms with E-state index in [-0.39, 0.29) is 17.0 Å². The second-order valence-electron chi connectivity index (χ2n) is 5.56. The fourth-order valence-electron chi connectivity index (χ4n) is 2.81. The van der Waals surface area contributed by atoms with E-state index >= 15 is 0 Å². The number of fused-ring (bicyclic) bond motifs is 1. The molecule has 1 unspecified atom stereocenters. The molecule has 0 radical (unpaired) electrons. The molecule has 8 nitrogen and oxygen atoms in total. The number of thioether (sulfide) groups is 2. The van der Waals surface area contributed by atoms with Crippen LogP contribution in [0.4, 0.5) is 0 Å². The molecule has 0 aliphatic carbocycles. The van der Waals surface area contributed by atoms with Crippen molar-refractivity contribution < 1.29 is 19.8 Å². The van der Waals surface area contributed by atoms with E-state index in [0.29, 0.717) is 23.1 Å². The largest absolute Gasteiger partial charge is 0.477 e. The van der Waals surface area contributed by atoms with Gasteiger partial charge in [-0.15, -0.1) is 11.8 Å². The molecule has 0 aromatic carbocycles. The van der Waals surface area contributed by atoms with Gasteiger partial charge >= 0.3 is 5.97 Å². The van der Waals surface area contributed by atoms with Crippen LogP contribution in [0.1, 0.15) is 12.6 Å². The van der Waals surface area contributed by atoms with E-state index in [1.165, 1.54) is 28.4 Å². The minimum absolute atomic E-state index is 0.0292. The van der Waals surface area contributed by atoms with Crippen molar-refractivity contribution in [2.75, 3.05) is 5.75 Å². The van der Waals surface area contributed by atoms with Gasteiger partial charge in [-0.25, -0.2) is 9.78 Å². The third-order valence-electron chi connectivity index (χ3n) is 4.04. The SMILES string of the molecule is CC(O)[C@H]1C(=O)N2C(C(=O)O)=C(SCCn3cncc3CN)S[C@H]12. The van der Waals surface area contributed by atoms with Crippen molar-refractivity contribution in [3.8, 4) is 0 Å². The fraction of sp³-hybridized carbons (Fsp3) is 0.500. The Morgan fingerprint density at radius 1 is 1.58 bits per heavy atom. The number of imidazole rings is 1. The Morgan fingerprint density at radius 3 is 2.96 bits per heavy atom. The van der Waals surface area contributed by atoms with Crippen LogP contribution in [-0.2, 0) is 22.7 Å². The molecule has 0 saturated carbocycles. The van der Waals surface area contributed by atoms with Crippen LogP contribution in [0.2, 0.25) is 0 Å². The lowest BCUT2D eigenvalue weighted by molar-refractivity contribution is -0.156. The molecule has 2 aliphatic rings. The Hall–Kier alpha value is -1.49. The Balaban J connectivity index is 1.68. The van der Waals surface area contributed by atoms with Gasteiger partial charge in [-0.1, -0.05) is 11.8 Å². The number of nitrogens with zero attached hydrogens (tertiary/aromatic N) is 3. The number of aliphatic hydroxyl groups excluding tert-OH is 1. The van der Waals surface area contributed by atoms with Crippen molar-refractivity contribution in [1.82, 2.24) is 14.5 Å². The van der Waals surface area contributed by atoms with Gasteiger partial charge in [0.25, 0.3) is 0 Å². The molecule has 10 heteroatoms. The topological polar surface area (TPSA) is 122 Å². The minimum atomic E-state index is -1.12. The molecule has 1 aromatic heterocycles. The number of β-lactam (4-membered cyclic amide) rings is 1. The van der Waals surface area contributed by atoms with Gasteiger partial charge in [-0.3, -0.25) is 9.69 Å². The average Bonchev–Trinajstić information content (AvgIpc) is 3.09. The summed E-state index contributed by atoms with van der Waals surface area (Å²) in [6.45, 7) is 2.59. The van der Waals surface area contributed by atoms with Crippen molar-refractivity contribution in [2.24, 2.45) is 11.7 Å². The van der Waals surface area contributed by atoms with Crippen molar-refractivity contribution >= 4 is 35.4 Å². The predicted molar refractivity (Wildman–Crippen MR) is 90.6 cm³/mol. The summed E-state index contributed by atoms with van der Waals surface area (Å²) in [5, 5.41) is 18.8. The number of aromatic nitrogens is 2. The van der Waals surface area contributed by atoms with Crippen molar-refractivity contribution in [2.45, 2.75) is 31.5 Å². The van der Waals surface area contributed by atoms with Gasteiger partial charge < -0.3 is 20.5 Å². The summed E-state index contributed by atoms with van der Waals surface area (Å²) >= 11 is 2.74. The maximum atomic E-state index is 12.1. The second kappa shape index (κ2) is 6.79. The zero-order valence-electron chi connectivity index (χ0n) is 13.0. The first kappa shape index (κ1) is 17.3. The van der Waals surface area contributed by atoms with Crippen molar-refractivity contribution in [3.05, 3.63) is 28.2 Å². The summed E-state index contributed by atoms with van der Waals surface area (Å²) in [5.74, 6) is -1.35. The minimum Gasteiger partial charge on any atom is -0.477 e. The summed E-state index contributed by atoms with van der Waals surface area (Å²) in [6, 6.07) is 0. The maximum absolute atomic E-state index is 12.1. The van der Waals surface area contributed by atoms with Crippen molar-refractivity contribution in [3.63, 3.8) is 0 Å². The van der Waals surface area contributed by atoms with Crippen LogP contribution in [-0.4, -0.2) is 53.8 Å². The number of aryl methyl sites for hydroxylation is 1. The molecule has 3 rings (SSSR count). The van der Waals surface area contributed by atoms with Crippen LogP contribution >= 0.6 is 23.5 Å². The number of aliphatic carboxylic acids is 1. The van der Waals surface area contributed by atoms with E-state index in [0.717, 1.165) is 5.69 Å². The van der Waals surface area contributed by atoms with Gasteiger partial charge in [0.2, 0.25) is 5.91 Å². The summed E-state index contributed by atoms with van der Waals surface area (Å²) in [6.07, 6.45) is 2.61. The first-order valence-corrected chi connectivity index (χ1v) is 9.29. The lowest BCUT2D eigenvalue weighted by atomic mass is 9.92. The first-order valence-electron chi connectivity index (χ1n) is 7.43. The number of rotatable bonds is 7. The molecule has 0 spiro atoms. The highest BCUT2D eigenvalue weighted by atomic mass is 32.2. The number of carboxylic acids is 1. The van der Waals surface area contributed by atoms with Gasteiger partial charge in [0.15, 0.2) is 5.70 Å². The summed E-state index contributed by atoms with van der Waals surface area (Å²) in [4.78, 5) is 29.0. The van der Waals surface area contributed by atoms with Gasteiger partial charge in [0, 0.05) is 25.0 Å². The highest BCUT2D eigenvalue weighted by molar-refractivity contribution is 8.22. The van der Waals surface area contributed by atoms with Crippen LogP contribution in [0.15, 0.2) is 22.5 Å². The average molecular weight is 370 g/mol. The van der Waals surface area contributed by atoms with Crippen LogP contribution in [0.25, 0.3) is 0 Å². The third kappa shape index (κ3) is 2.83. The Kier molecular flexibility index (Phi) is 4.90. The number of hydrogen-bond donors (Lipinski definition) is 3. The fourth-order valence-corrected chi connectivity index (χ4v) is 5.74. The van der Waals surface area contributed by atoms with Crippen LogP contribution in [0.3, 0.4) is 0 Å². The molecule has 4 N–H and O–H groups in total. The Bertz CT molecular complexity index is 703. The summed E-state index contributed by atoms with van der Waals surface area (Å²) in [5.41, 5.74) is 6.57. The van der Waals surface area contributed by atoms with Crippen LogP contribution < -0.4 is 5.73 Å². The maximum Gasteiger partial charge on any atom is 0.354 e. The number of carbonyl (C=O) groups excluding carboxylic acids is 1. The summed E-state index contributed by atoms with van der Waals surface area (Å²) in [7, 11) is 0. The highest BCUT2D eigenvalue weighted by Gasteiger charge is 2.57. The first-order chi connectivity index (χ1) is 11.5. The number of aliphatic hydroxyl groups is 1. The predicted octanol–water partition coefficient (Wildman–Crippen LogP) is 0.241. The number of hydrogen-bond acceptors (Lipinski definition) is 7. The molecule has 2 aliphatic heterocycles. The normalized spacial score (nSPS) is 24.1. The Labute approximate surface area is 147 Å². The van der Waals surface area contributed by atoms with Crippen molar-refractivity contribution in [1.29, 1.82) is 0 Å². The number of carboxylic acid groups (broad SMARTS) is 1. The zero-order valence-corrected chi connectivity index (χ0v) is 14.6. The molecule has 1 fully saturated rings. The van der Waals surface area contributed by atoms with Crippen LogP contribution in [0.5, 0.6) is 0 Å². The number of carbonyl (C=O) groups is 2. The number of amides is 1. The molecular formula is C14H18N4O4S2. The number of nitrogens with two attached hydrogens (primary N) is 1. The van der Waals surface area contributed by atoms with Crippen LogP contribution in [0, 0.1) is 5.92 Å². The molecular weight excluding hydrogens is 352 g/mol. The van der Waals surface area contributed by atoms with Gasteiger partial charge in [0.1, 0.15) is 5.37 Å². The third-order valence-corrected chi connectivity index (χ3v) is 6.68. The van der Waals surface area contributed by atoms with Gasteiger partial charge in [0.05, 0.1) is 28.3 Å². The molecule has 0 bridgehead atoms. The molecule has 24 heavy (non-hydrogen) atoms. The highest BCUT2D eigenvalue weighted by Crippen LogP contribution is 2.53. The molecule has 130 valence electrons. The standard InChI is InChI=1S/C14H18N4O4S2/c1-7(19)9-11(20)18-10(13(21)22)14(24-12(9)18)23-3-2-17-6-16-5-8(17)4-15/h5-7,9,12,19H,2-4,15H2,1H3,(H,21,22)/t7?,9-,12+/m0/s1. The van der Waals surface area contributed by atoms with E-state index in [4.69, 9.17) is 5.73 Å². The molecule has 1 aromatic rings.